The van der Waals surface area contributed by atoms with Crippen molar-refractivity contribution in [3.05, 3.63) is 22.4 Å². The van der Waals surface area contributed by atoms with Crippen LogP contribution in [-0.4, -0.2) is 42.0 Å². The average molecular weight is 268 g/mol. The summed E-state index contributed by atoms with van der Waals surface area (Å²) in [7, 11) is 0. The lowest BCUT2D eigenvalue weighted by atomic mass is 10.3. The van der Waals surface area contributed by atoms with E-state index in [1.54, 1.807) is 17.5 Å². The lowest BCUT2D eigenvalue weighted by Crippen LogP contribution is -2.41. The molecule has 2 heterocycles. The van der Waals surface area contributed by atoms with E-state index in [0.717, 1.165) is 4.90 Å². The Bertz CT molecular complexity index is 471. The van der Waals surface area contributed by atoms with Crippen molar-refractivity contribution in [3.8, 4) is 0 Å². The first-order valence-corrected chi connectivity index (χ1v) is 6.31. The van der Waals surface area contributed by atoms with Crippen molar-refractivity contribution in [2.24, 2.45) is 0 Å². The van der Waals surface area contributed by atoms with E-state index in [0.29, 0.717) is 18.0 Å². The number of nitrogens with zero attached hydrogens (tertiary/aromatic N) is 1. The normalized spacial score (nSPS) is 16.3. The van der Waals surface area contributed by atoms with Gasteiger partial charge in [-0.2, -0.15) is 0 Å². The molecule has 0 spiro atoms. The van der Waals surface area contributed by atoms with Crippen LogP contribution in [0, 0.1) is 0 Å². The molecule has 1 aliphatic heterocycles. The minimum atomic E-state index is -0.969. The molecule has 2 rings (SSSR count). The number of nitrogens with one attached hydrogen (secondary N) is 1. The molecule has 0 saturated carbocycles. The Morgan fingerprint density at radius 1 is 1.56 bits per heavy atom. The van der Waals surface area contributed by atoms with E-state index in [-0.39, 0.29) is 0 Å². The van der Waals surface area contributed by atoms with Crippen molar-refractivity contribution >= 4 is 29.2 Å². The van der Waals surface area contributed by atoms with Gasteiger partial charge in [-0.3, -0.25) is 9.69 Å². The highest BCUT2D eigenvalue weighted by Crippen LogP contribution is 2.12. The van der Waals surface area contributed by atoms with E-state index < -0.39 is 24.0 Å². The van der Waals surface area contributed by atoms with E-state index >= 15 is 0 Å². The molecule has 6 nitrogen and oxygen atoms in total. The van der Waals surface area contributed by atoms with Gasteiger partial charge in [0.1, 0.15) is 4.88 Å². The number of carbonyl (C=O) groups excluding carboxylic acids is 3. The van der Waals surface area contributed by atoms with Crippen LogP contribution in [-0.2, 0) is 9.53 Å². The van der Waals surface area contributed by atoms with Crippen LogP contribution >= 0.6 is 11.3 Å². The minimum absolute atomic E-state index is 0.304. The maximum absolute atomic E-state index is 11.9. The molecule has 96 valence electrons. The zero-order valence-electron chi connectivity index (χ0n) is 9.71. The molecule has 1 atom stereocenters. The predicted molar refractivity (Wildman–Crippen MR) is 64.3 cm³/mol. The number of hydrogen-bond donors (Lipinski definition) is 1. The Kier molecular flexibility index (Phi) is 3.61. The SMILES string of the molecule is C[C@@H](OC(=O)c1cccs1)C(=O)N1CCNC1=O. The molecule has 3 amide bonds. The molecule has 1 aromatic heterocycles. The van der Waals surface area contributed by atoms with Crippen molar-refractivity contribution in [1.29, 1.82) is 0 Å². The average Bonchev–Trinajstić information content (AvgIpc) is 2.98. The second-order valence-corrected chi connectivity index (χ2v) is 4.69. The Morgan fingerprint density at radius 2 is 2.33 bits per heavy atom. The van der Waals surface area contributed by atoms with Gasteiger partial charge in [-0.05, 0) is 18.4 Å². The van der Waals surface area contributed by atoms with Crippen molar-refractivity contribution in [2.45, 2.75) is 13.0 Å². The molecule has 0 radical (unpaired) electrons. The lowest BCUT2D eigenvalue weighted by Gasteiger charge is -2.17. The quantitative estimate of drug-likeness (QED) is 0.824. The summed E-state index contributed by atoms with van der Waals surface area (Å²) in [5, 5.41) is 4.26. The number of amides is 3. The molecule has 0 aliphatic carbocycles. The molecule has 0 unspecified atom stereocenters. The number of thiophene rings is 1. The summed E-state index contributed by atoms with van der Waals surface area (Å²) in [5.74, 6) is -1.06. The molecule has 18 heavy (non-hydrogen) atoms. The van der Waals surface area contributed by atoms with Gasteiger partial charge in [-0.15, -0.1) is 11.3 Å². The van der Waals surface area contributed by atoms with E-state index in [4.69, 9.17) is 4.74 Å². The van der Waals surface area contributed by atoms with Gasteiger partial charge in [0.05, 0.1) is 0 Å². The largest absolute Gasteiger partial charge is 0.448 e. The van der Waals surface area contributed by atoms with Crippen LogP contribution in [0.5, 0.6) is 0 Å². The molecular formula is C11H12N2O4S. The van der Waals surface area contributed by atoms with Gasteiger partial charge in [0.2, 0.25) is 0 Å². The molecule has 1 aromatic rings. The fourth-order valence-electron chi connectivity index (χ4n) is 1.57. The smallest absolute Gasteiger partial charge is 0.349 e. The summed E-state index contributed by atoms with van der Waals surface area (Å²) in [5.41, 5.74) is 0. The van der Waals surface area contributed by atoms with Gasteiger partial charge in [-0.1, -0.05) is 6.07 Å². The Hall–Kier alpha value is -1.89. The van der Waals surface area contributed by atoms with Crippen LogP contribution in [0.1, 0.15) is 16.6 Å². The first-order valence-electron chi connectivity index (χ1n) is 5.43. The fraction of sp³-hybridized carbons (Fsp3) is 0.364. The highest BCUT2D eigenvalue weighted by atomic mass is 32.1. The third kappa shape index (κ3) is 2.51. The molecule has 7 heteroatoms. The first-order chi connectivity index (χ1) is 8.59. The number of carbonyl (C=O) groups is 3. The summed E-state index contributed by atoms with van der Waals surface area (Å²) in [6.45, 7) is 2.19. The van der Waals surface area contributed by atoms with Crippen LogP contribution in [0.15, 0.2) is 17.5 Å². The van der Waals surface area contributed by atoms with Crippen LogP contribution in [0.25, 0.3) is 0 Å². The maximum Gasteiger partial charge on any atom is 0.349 e. The minimum Gasteiger partial charge on any atom is -0.448 e. The predicted octanol–water partition coefficient (Wildman–Crippen LogP) is 0.845. The summed E-state index contributed by atoms with van der Waals surface area (Å²) >= 11 is 1.24. The van der Waals surface area contributed by atoms with Crippen LogP contribution < -0.4 is 5.32 Å². The van der Waals surface area contributed by atoms with Gasteiger partial charge in [0, 0.05) is 13.1 Å². The molecular weight excluding hydrogens is 256 g/mol. The topological polar surface area (TPSA) is 75.7 Å². The third-order valence-electron chi connectivity index (χ3n) is 2.48. The lowest BCUT2D eigenvalue weighted by molar-refractivity contribution is -0.135. The third-order valence-corrected chi connectivity index (χ3v) is 3.33. The van der Waals surface area contributed by atoms with Crippen molar-refractivity contribution in [2.75, 3.05) is 13.1 Å². The van der Waals surface area contributed by atoms with E-state index in [1.165, 1.54) is 18.3 Å². The molecule has 1 fully saturated rings. The fourth-order valence-corrected chi connectivity index (χ4v) is 2.17. The Morgan fingerprint density at radius 3 is 2.89 bits per heavy atom. The van der Waals surface area contributed by atoms with Gasteiger partial charge in [-0.25, -0.2) is 9.59 Å². The number of esters is 1. The number of ether oxygens (including phenoxy) is 1. The van der Waals surface area contributed by atoms with Crippen molar-refractivity contribution in [1.82, 2.24) is 10.2 Å². The first kappa shape index (κ1) is 12.6. The summed E-state index contributed by atoms with van der Waals surface area (Å²) < 4.78 is 5.02. The highest BCUT2D eigenvalue weighted by molar-refractivity contribution is 7.11. The monoisotopic (exact) mass is 268 g/mol. The number of hydrogen-bond acceptors (Lipinski definition) is 5. The number of imide groups is 1. The molecule has 1 saturated heterocycles. The standard InChI is InChI=1S/C11H12N2O4S/c1-7(9(14)13-5-4-12-11(13)16)17-10(15)8-3-2-6-18-8/h2-3,6-7H,4-5H2,1H3,(H,12,16)/t7-/m1/s1. The van der Waals surface area contributed by atoms with Gasteiger partial charge >= 0.3 is 12.0 Å². The second-order valence-electron chi connectivity index (χ2n) is 3.75. The second kappa shape index (κ2) is 5.18. The van der Waals surface area contributed by atoms with E-state index in [1.807, 2.05) is 0 Å². The Balaban J connectivity index is 1.95. The van der Waals surface area contributed by atoms with Crippen molar-refractivity contribution < 1.29 is 19.1 Å². The van der Waals surface area contributed by atoms with Crippen LogP contribution in [0.4, 0.5) is 4.79 Å². The zero-order chi connectivity index (χ0) is 13.1. The highest BCUT2D eigenvalue weighted by Gasteiger charge is 2.31. The van der Waals surface area contributed by atoms with Gasteiger partial charge in [0.15, 0.2) is 6.10 Å². The van der Waals surface area contributed by atoms with Gasteiger partial charge < -0.3 is 10.1 Å². The number of urea groups is 1. The molecule has 0 aromatic carbocycles. The Labute approximate surface area is 108 Å². The van der Waals surface area contributed by atoms with E-state index in [2.05, 4.69) is 5.32 Å². The molecule has 1 N–H and O–H groups in total. The molecule has 0 bridgehead atoms. The molecule has 1 aliphatic rings. The summed E-state index contributed by atoms with van der Waals surface area (Å²) in [6.07, 6.45) is -0.969. The maximum atomic E-state index is 11.9. The van der Waals surface area contributed by atoms with Crippen molar-refractivity contribution in [3.63, 3.8) is 0 Å². The van der Waals surface area contributed by atoms with Crippen LogP contribution in [0.3, 0.4) is 0 Å². The van der Waals surface area contributed by atoms with E-state index in [9.17, 15) is 14.4 Å². The van der Waals surface area contributed by atoms with Crippen LogP contribution in [0.2, 0.25) is 0 Å². The van der Waals surface area contributed by atoms with Gasteiger partial charge in [0.25, 0.3) is 5.91 Å². The number of rotatable bonds is 3. The zero-order valence-corrected chi connectivity index (χ0v) is 10.5. The summed E-state index contributed by atoms with van der Waals surface area (Å²) in [4.78, 5) is 36.3. The summed E-state index contributed by atoms with van der Waals surface area (Å²) in [6, 6.07) is 2.90.